The van der Waals surface area contributed by atoms with Crippen LogP contribution in [0.2, 0.25) is 0 Å². The molecule has 5 nitrogen and oxygen atoms in total. The second-order valence-corrected chi connectivity index (χ2v) is 2.26. The minimum Gasteiger partial charge on any atom is -0.326 e. The predicted octanol–water partition coefficient (Wildman–Crippen LogP) is -0.827. The molecule has 0 spiro atoms. The summed E-state index contributed by atoms with van der Waals surface area (Å²) in [6, 6.07) is -1.00. The van der Waals surface area contributed by atoms with Crippen LogP contribution in [0.15, 0.2) is 0 Å². The maximum absolute atomic E-state index is 10.8. The first kappa shape index (κ1) is 7.71. The smallest absolute Gasteiger partial charge is 0.322 e. The summed E-state index contributed by atoms with van der Waals surface area (Å²) in [6.45, 7) is 0. The van der Waals surface area contributed by atoms with Crippen molar-refractivity contribution in [2.24, 2.45) is 0 Å². The molecule has 0 radical (unpaired) electrons. The Bertz CT molecular complexity index is 202. The SMILES string of the molecule is O=CCCC1NC(=O)NC1=O. The molecule has 1 unspecified atom stereocenters. The van der Waals surface area contributed by atoms with Crippen LogP contribution in [0, 0.1) is 0 Å². The van der Waals surface area contributed by atoms with Crippen LogP contribution in [-0.4, -0.2) is 24.3 Å². The van der Waals surface area contributed by atoms with E-state index in [4.69, 9.17) is 0 Å². The Morgan fingerprint density at radius 1 is 1.45 bits per heavy atom. The number of rotatable bonds is 3. The van der Waals surface area contributed by atoms with Gasteiger partial charge in [0.15, 0.2) is 0 Å². The molecule has 0 bridgehead atoms. The maximum atomic E-state index is 10.8. The number of aldehydes is 1. The Hall–Kier alpha value is -1.39. The van der Waals surface area contributed by atoms with E-state index in [9.17, 15) is 14.4 Å². The van der Waals surface area contributed by atoms with E-state index in [2.05, 4.69) is 10.6 Å². The summed E-state index contributed by atoms with van der Waals surface area (Å²) in [7, 11) is 0. The van der Waals surface area contributed by atoms with E-state index in [1.54, 1.807) is 0 Å². The highest BCUT2D eigenvalue weighted by molar-refractivity contribution is 6.04. The third kappa shape index (κ3) is 1.76. The molecule has 1 atom stereocenters. The van der Waals surface area contributed by atoms with Crippen molar-refractivity contribution in [2.45, 2.75) is 18.9 Å². The van der Waals surface area contributed by atoms with Gasteiger partial charge in [-0.1, -0.05) is 0 Å². The molecule has 1 saturated heterocycles. The maximum Gasteiger partial charge on any atom is 0.322 e. The Kier molecular flexibility index (Phi) is 2.20. The third-order valence-electron chi connectivity index (χ3n) is 1.43. The van der Waals surface area contributed by atoms with Crippen LogP contribution in [0.25, 0.3) is 0 Å². The summed E-state index contributed by atoms with van der Waals surface area (Å²) >= 11 is 0. The molecule has 1 rings (SSSR count). The largest absolute Gasteiger partial charge is 0.326 e. The molecule has 0 aromatic carbocycles. The molecule has 2 N–H and O–H groups in total. The van der Waals surface area contributed by atoms with E-state index in [0.29, 0.717) is 12.8 Å². The fraction of sp³-hybridized carbons (Fsp3) is 0.500. The molecule has 0 aromatic rings. The lowest BCUT2D eigenvalue weighted by Crippen LogP contribution is -2.28. The molecule has 1 fully saturated rings. The second-order valence-electron chi connectivity index (χ2n) is 2.26. The van der Waals surface area contributed by atoms with E-state index >= 15 is 0 Å². The number of imide groups is 1. The zero-order valence-electron chi connectivity index (χ0n) is 5.79. The molecule has 0 aliphatic carbocycles. The van der Waals surface area contributed by atoms with Gasteiger partial charge < -0.3 is 10.1 Å². The Morgan fingerprint density at radius 3 is 2.64 bits per heavy atom. The van der Waals surface area contributed by atoms with Crippen molar-refractivity contribution in [3.8, 4) is 0 Å². The average molecular weight is 156 g/mol. The van der Waals surface area contributed by atoms with Crippen LogP contribution in [0.5, 0.6) is 0 Å². The van der Waals surface area contributed by atoms with Gasteiger partial charge in [0.2, 0.25) is 0 Å². The van der Waals surface area contributed by atoms with Crippen LogP contribution in [0.4, 0.5) is 4.79 Å². The van der Waals surface area contributed by atoms with Gasteiger partial charge in [0.05, 0.1) is 0 Å². The lowest BCUT2D eigenvalue weighted by molar-refractivity contribution is -0.120. The second kappa shape index (κ2) is 3.14. The highest BCUT2D eigenvalue weighted by atomic mass is 16.2. The number of hydrogen-bond acceptors (Lipinski definition) is 3. The van der Waals surface area contributed by atoms with E-state index in [-0.39, 0.29) is 5.91 Å². The summed E-state index contributed by atoms with van der Waals surface area (Å²) in [5, 5.41) is 4.45. The Balaban J connectivity index is 2.40. The van der Waals surface area contributed by atoms with Gasteiger partial charge in [-0.05, 0) is 6.42 Å². The molecule has 11 heavy (non-hydrogen) atoms. The number of amides is 3. The number of carbonyl (C=O) groups is 3. The number of hydrogen-bond donors (Lipinski definition) is 2. The highest BCUT2D eigenvalue weighted by Gasteiger charge is 2.28. The number of urea groups is 1. The Morgan fingerprint density at radius 2 is 2.18 bits per heavy atom. The first-order valence-corrected chi connectivity index (χ1v) is 3.29. The fourth-order valence-corrected chi connectivity index (χ4v) is 0.897. The van der Waals surface area contributed by atoms with Crippen LogP contribution in [0.1, 0.15) is 12.8 Å². The summed E-state index contributed by atoms with van der Waals surface area (Å²) < 4.78 is 0. The van der Waals surface area contributed by atoms with Crippen molar-refractivity contribution in [2.75, 3.05) is 0 Å². The van der Waals surface area contributed by atoms with Gasteiger partial charge in [-0.15, -0.1) is 0 Å². The quantitative estimate of drug-likeness (QED) is 0.414. The van der Waals surface area contributed by atoms with Gasteiger partial charge in [0.25, 0.3) is 5.91 Å². The van der Waals surface area contributed by atoms with E-state index in [0.717, 1.165) is 6.29 Å². The van der Waals surface area contributed by atoms with Gasteiger partial charge in [0, 0.05) is 6.42 Å². The lowest BCUT2D eigenvalue weighted by Gasteiger charge is -2.01. The monoisotopic (exact) mass is 156 g/mol. The fourth-order valence-electron chi connectivity index (χ4n) is 0.897. The minimum absolute atomic E-state index is 0.290. The van der Waals surface area contributed by atoms with Crippen molar-refractivity contribution in [3.63, 3.8) is 0 Å². The minimum atomic E-state index is -0.521. The number of nitrogens with one attached hydrogen (secondary N) is 2. The third-order valence-corrected chi connectivity index (χ3v) is 1.43. The van der Waals surface area contributed by atoms with E-state index in [1.165, 1.54) is 0 Å². The summed E-state index contributed by atoms with van der Waals surface area (Å²) in [4.78, 5) is 31.2. The average Bonchev–Trinajstić information content (AvgIpc) is 2.26. The molecule has 5 heteroatoms. The van der Waals surface area contributed by atoms with Crippen LogP contribution >= 0.6 is 0 Å². The number of carbonyl (C=O) groups excluding carboxylic acids is 3. The molecular formula is C6H8N2O3. The van der Waals surface area contributed by atoms with Crippen LogP contribution < -0.4 is 10.6 Å². The van der Waals surface area contributed by atoms with Crippen molar-refractivity contribution in [1.29, 1.82) is 0 Å². The van der Waals surface area contributed by atoms with Gasteiger partial charge in [0.1, 0.15) is 12.3 Å². The van der Waals surface area contributed by atoms with Gasteiger partial charge >= 0.3 is 6.03 Å². The van der Waals surface area contributed by atoms with Crippen LogP contribution in [-0.2, 0) is 9.59 Å². The lowest BCUT2D eigenvalue weighted by atomic mass is 10.2. The topological polar surface area (TPSA) is 75.3 Å². The van der Waals surface area contributed by atoms with Gasteiger partial charge in [-0.2, -0.15) is 0 Å². The van der Waals surface area contributed by atoms with Crippen molar-refractivity contribution < 1.29 is 14.4 Å². The molecular weight excluding hydrogens is 148 g/mol. The van der Waals surface area contributed by atoms with E-state index < -0.39 is 12.1 Å². The molecule has 60 valence electrons. The zero-order valence-corrected chi connectivity index (χ0v) is 5.79. The van der Waals surface area contributed by atoms with Crippen molar-refractivity contribution >= 4 is 18.2 Å². The predicted molar refractivity (Wildman–Crippen MR) is 35.8 cm³/mol. The Labute approximate surface area is 63.1 Å². The normalized spacial score (nSPS) is 22.7. The molecule has 1 heterocycles. The van der Waals surface area contributed by atoms with Gasteiger partial charge in [-0.3, -0.25) is 10.1 Å². The first-order valence-electron chi connectivity index (χ1n) is 3.29. The standard InChI is InChI=1S/C6H8N2O3/c9-3-1-2-4-5(10)8-6(11)7-4/h3-4H,1-2H2,(H2,7,8,10,11). The van der Waals surface area contributed by atoms with Crippen molar-refractivity contribution in [1.82, 2.24) is 10.6 Å². The first-order chi connectivity index (χ1) is 5.24. The highest BCUT2D eigenvalue weighted by Crippen LogP contribution is 1.99. The molecule has 3 amide bonds. The summed E-state index contributed by atoms with van der Waals surface area (Å²) in [5.74, 6) is -0.350. The summed E-state index contributed by atoms with van der Waals surface area (Å²) in [6.07, 6.45) is 1.39. The molecule has 1 aliphatic rings. The molecule has 0 saturated carbocycles. The summed E-state index contributed by atoms with van der Waals surface area (Å²) in [5.41, 5.74) is 0. The molecule has 1 aliphatic heterocycles. The molecule has 0 aromatic heterocycles. The van der Waals surface area contributed by atoms with E-state index in [1.807, 2.05) is 0 Å². The zero-order chi connectivity index (χ0) is 8.27. The van der Waals surface area contributed by atoms with Crippen LogP contribution in [0.3, 0.4) is 0 Å². The van der Waals surface area contributed by atoms with Gasteiger partial charge in [-0.25, -0.2) is 4.79 Å². The van der Waals surface area contributed by atoms with Crippen molar-refractivity contribution in [3.05, 3.63) is 0 Å².